The molecular weight excluding hydrogens is 533 g/mol. The largest absolute Gasteiger partial charge is 0.483 e. The Morgan fingerprint density at radius 3 is 2.55 bits per heavy atom. The topological polar surface area (TPSA) is 125 Å². The van der Waals surface area contributed by atoms with Crippen molar-refractivity contribution >= 4 is 39.6 Å². The minimum absolute atomic E-state index is 0.0320. The Morgan fingerprint density at radius 2 is 1.92 bits per heavy atom. The van der Waals surface area contributed by atoms with Crippen molar-refractivity contribution < 1.29 is 22.7 Å². The Hall–Kier alpha value is -3.28. The zero-order chi connectivity index (χ0) is 27.9. The number of aromatic nitrogens is 2. The highest BCUT2D eigenvalue weighted by Gasteiger charge is 2.33. The summed E-state index contributed by atoms with van der Waals surface area (Å²) in [7, 11) is -0.145. The highest BCUT2D eigenvalue weighted by Crippen LogP contribution is 2.38. The zero-order valence-corrected chi connectivity index (χ0v) is 22.9. The third kappa shape index (κ3) is 7.40. The molecule has 12 heteroatoms. The van der Waals surface area contributed by atoms with E-state index in [0.717, 1.165) is 31.4 Å². The summed E-state index contributed by atoms with van der Waals surface area (Å²) in [6, 6.07) is 12.5. The molecule has 9 nitrogen and oxygen atoms in total. The number of nitrogens with one attached hydrogen (secondary N) is 2. The fraction of sp³-hybridized carbons (Fsp3) is 0.346. The lowest BCUT2D eigenvalue weighted by Crippen LogP contribution is -2.47. The van der Waals surface area contributed by atoms with Crippen LogP contribution in [-0.4, -0.2) is 61.0 Å². The molecule has 1 fully saturated rings. The second-order valence-electron chi connectivity index (χ2n) is 9.27. The summed E-state index contributed by atoms with van der Waals surface area (Å²) in [5, 5.41) is 10.4. The molecule has 0 spiro atoms. The van der Waals surface area contributed by atoms with Crippen LogP contribution in [0.2, 0.25) is 5.02 Å². The zero-order valence-electron chi connectivity index (χ0n) is 21.3. The number of carboxylic acid groups (broad SMARTS) is 1. The first-order valence-electron chi connectivity index (χ1n) is 11.9. The minimum Gasteiger partial charge on any atom is -0.483 e. The number of aryl methyl sites for hydroxylation is 1. The third-order valence-corrected chi connectivity index (χ3v) is 8.15. The van der Waals surface area contributed by atoms with Crippen molar-refractivity contribution in [1.82, 2.24) is 14.9 Å². The van der Waals surface area contributed by atoms with E-state index in [1.54, 1.807) is 0 Å². The van der Waals surface area contributed by atoms with Gasteiger partial charge < -0.3 is 15.3 Å². The first-order valence-corrected chi connectivity index (χ1v) is 13.8. The van der Waals surface area contributed by atoms with Crippen LogP contribution < -0.4 is 10.0 Å². The summed E-state index contributed by atoms with van der Waals surface area (Å²) in [5.41, 5.74) is 2.96. The number of likely N-dealkylation sites (N-methyl/N-ethyl adjacent to an activating group) is 1. The lowest BCUT2D eigenvalue weighted by atomic mass is 9.78. The molecule has 4 rings (SSSR count). The quantitative estimate of drug-likeness (QED) is 0.352. The van der Waals surface area contributed by atoms with Gasteiger partial charge in [0.15, 0.2) is 0 Å². The molecule has 3 aromatic rings. The van der Waals surface area contributed by atoms with Crippen molar-refractivity contribution in [3.8, 4) is 0 Å². The van der Waals surface area contributed by atoms with Crippen LogP contribution in [0.3, 0.4) is 0 Å². The van der Waals surface area contributed by atoms with Crippen molar-refractivity contribution in [3.63, 3.8) is 0 Å². The fourth-order valence-corrected chi connectivity index (χ4v) is 6.08. The Labute approximate surface area is 227 Å². The number of halogens is 2. The van der Waals surface area contributed by atoms with Crippen LogP contribution >= 0.6 is 11.6 Å². The molecule has 204 valence electrons. The first-order chi connectivity index (χ1) is 18.1. The van der Waals surface area contributed by atoms with Crippen LogP contribution in [0.5, 0.6) is 0 Å². The van der Waals surface area contributed by atoms with Crippen molar-refractivity contribution in [2.45, 2.75) is 49.1 Å². The fourth-order valence-electron chi connectivity index (χ4n) is 4.70. The molecule has 0 bridgehead atoms. The SMILES string of the molecule is Cc1cccc([C@H]2CC[C@H](Nc3cc(F)c(S(=O)(=O)Nc4ccncn4)cc3Cl)[C@@H](N(C)C)C2)c1.O=CO. The predicted octanol–water partition coefficient (Wildman–Crippen LogP) is 4.76. The highest BCUT2D eigenvalue weighted by atomic mass is 35.5. The summed E-state index contributed by atoms with van der Waals surface area (Å²) in [5.74, 6) is -0.418. The molecule has 0 unspecified atom stereocenters. The van der Waals surface area contributed by atoms with Crippen LogP contribution in [-0.2, 0) is 14.8 Å². The van der Waals surface area contributed by atoms with Gasteiger partial charge in [0.05, 0.1) is 10.7 Å². The van der Waals surface area contributed by atoms with Gasteiger partial charge in [-0.05, 0) is 70.0 Å². The number of rotatable bonds is 7. The summed E-state index contributed by atoms with van der Waals surface area (Å²) >= 11 is 6.44. The van der Waals surface area contributed by atoms with Crippen LogP contribution in [0.15, 0.2) is 59.9 Å². The van der Waals surface area contributed by atoms with Gasteiger partial charge in [-0.2, -0.15) is 0 Å². The molecule has 1 aliphatic carbocycles. The number of hydrogen-bond donors (Lipinski definition) is 3. The van der Waals surface area contributed by atoms with Crippen molar-refractivity contribution in [1.29, 1.82) is 0 Å². The third-order valence-electron chi connectivity index (χ3n) is 6.47. The molecule has 1 aromatic heterocycles. The second kappa shape index (κ2) is 13.0. The molecule has 38 heavy (non-hydrogen) atoms. The molecule has 1 saturated carbocycles. The van der Waals surface area contributed by atoms with Gasteiger partial charge in [0.1, 0.15) is 22.9 Å². The van der Waals surface area contributed by atoms with Crippen LogP contribution in [0.1, 0.15) is 36.3 Å². The first kappa shape index (κ1) is 29.3. The second-order valence-corrected chi connectivity index (χ2v) is 11.3. The smallest absolute Gasteiger partial charge is 0.290 e. The van der Waals surface area contributed by atoms with Gasteiger partial charge in [-0.3, -0.25) is 9.52 Å². The average Bonchev–Trinajstić information content (AvgIpc) is 2.87. The maximum absolute atomic E-state index is 15.0. The number of benzene rings is 2. The van der Waals surface area contributed by atoms with Gasteiger partial charge in [0.25, 0.3) is 16.5 Å². The molecule has 3 atom stereocenters. The molecule has 1 heterocycles. The molecule has 0 amide bonds. The number of sulfonamides is 1. The summed E-state index contributed by atoms with van der Waals surface area (Å²) in [6.07, 6.45) is 5.39. The van der Waals surface area contributed by atoms with Crippen LogP contribution in [0.25, 0.3) is 0 Å². The van der Waals surface area contributed by atoms with E-state index in [0.29, 0.717) is 11.6 Å². The van der Waals surface area contributed by atoms with Crippen LogP contribution in [0.4, 0.5) is 15.9 Å². The Bertz CT molecular complexity index is 1340. The Balaban J connectivity index is 0.00000127. The molecule has 2 aromatic carbocycles. The molecule has 1 aliphatic rings. The van der Waals surface area contributed by atoms with E-state index in [1.165, 1.54) is 29.7 Å². The summed E-state index contributed by atoms with van der Waals surface area (Å²) in [6.45, 7) is 1.85. The van der Waals surface area contributed by atoms with E-state index in [9.17, 15) is 12.8 Å². The van der Waals surface area contributed by atoms with E-state index in [2.05, 4.69) is 56.1 Å². The van der Waals surface area contributed by atoms with Gasteiger partial charge >= 0.3 is 0 Å². The normalized spacial score (nSPS) is 19.3. The Morgan fingerprint density at radius 1 is 1.18 bits per heavy atom. The average molecular weight is 564 g/mol. The van der Waals surface area contributed by atoms with Crippen molar-refractivity contribution in [3.05, 3.63) is 77.0 Å². The van der Waals surface area contributed by atoms with Gasteiger partial charge in [-0.15, -0.1) is 0 Å². The van der Waals surface area contributed by atoms with Crippen molar-refractivity contribution in [2.75, 3.05) is 24.1 Å². The van der Waals surface area contributed by atoms with Gasteiger partial charge in [-0.25, -0.2) is 22.8 Å². The van der Waals surface area contributed by atoms with E-state index in [1.807, 2.05) is 14.1 Å². The number of hydrogen-bond acceptors (Lipinski definition) is 7. The maximum atomic E-state index is 15.0. The minimum atomic E-state index is -4.22. The number of anilines is 2. The molecule has 0 radical (unpaired) electrons. The number of nitrogens with zero attached hydrogens (tertiary/aromatic N) is 3. The molecule has 0 aliphatic heterocycles. The van der Waals surface area contributed by atoms with E-state index < -0.39 is 20.7 Å². The lowest BCUT2D eigenvalue weighted by Gasteiger charge is -2.41. The predicted molar refractivity (Wildman–Crippen MR) is 146 cm³/mol. The monoisotopic (exact) mass is 563 g/mol. The lowest BCUT2D eigenvalue weighted by molar-refractivity contribution is -0.122. The van der Waals surface area contributed by atoms with Gasteiger partial charge in [0.2, 0.25) is 0 Å². The molecular formula is C26H31ClFN5O4S. The van der Waals surface area contributed by atoms with Crippen LogP contribution in [0, 0.1) is 12.7 Å². The Kier molecular flexibility index (Phi) is 10.0. The summed E-state index contributed by atoms with van der Waals surface area (Å²) < 4.78 is 42.7. The van der Waals surface area contributed by atoms with E-state index in [4.69, 9.17) is 21.5 Å². The van der Waals surface area contributed by atoms with Gasteiger partial charge in [-0.1, -0.05) is 41.4 Å². The molecule has 3 N–H and O–H groups in total. The van der Waals surface area contributed by atoms with Gasteiger partial charge in [0, 0.05) is 18.3 Å². The van der Waals surface area contributed by atoms with E-state index >= 15 is 0 Å². The highest BCUT2D eigenvalue weighted by molar-refractivity contribution is 7.92. The van der Waals surface area contributed by atoms with E-state index in [-0.39, 0.29) is 29.4 Å². The van der Waals surface area contributed by atoms with Crippen molar-refractivity contribution in [2.24, 2.45) is 0 Å². The maximum Gasteiger partial charge on any atom is 0.290 e. The standard InChI is InChI=1S/C25H29ClFN5O2S.CH2O2/c1-16-5-4-6-17(11-16)18-7-8-21(23(12-18)32(2)3)30-22-14-20(27)24(13-19(22)26)35(33,34)31-25-9-10-28-15-29-25;2-1-3/h4-6,9-11,13-15,18,21,23,30H,7-8,12H2,1-3H3,(H,28,29,31);1H,(H,2,3)/t18-,21-,23-;/m0./s1. The number of carbonyl (C=O) groups is 1. The molecule has 0 saturated heterocycles. The summed E-state index contributed by atoms with van der Waals surface area (Å²) in [4.78, 5) is 17.6.